The Bertz CT molecular complexity index is 3290. The SMILES string of the molecule is Cc1cc2nccc(Oc3ccc(CC(=O)C4(C(=O)Cc5ccc(F)cc5)CC4)cc3)c2cc1C.Cc1cc2nccc(Oc3ccc(N)cc3)c2cc1C.O=C(O)C1(C(=O)Nc2ccc(F)cc2)CC1.[BH4-].[CH3-]. The van der Waals surface area contributed by atoms with Crippen LogP contribution in [0.3, 0.4) is 0 Å². The van der Waals surface area contributed by atoms with Crippen molar-refractivity contribution in [1.82, 2.24) is 9.97 Å². The number of carboxylic acid groups (broad SMARTS) is 1. The Morgan fingerprint density at radius 2 is 0.959 bits per heavy atom. The molecule has 0 radical (unpaired) electrons. The highest BCUT2D eigenvalue weighted by molar-refractivity contribution is 6.11. The first kappa shape index (κ1) is 54.1. The summed E-state index contributed by atoms with van der Waals surface area (Å²) >= 11 is 0. The van der Waals surface area contributed by atoms with Gasteiger partial charge in [0, 0.05) is 47.4 Å². The molecule has 0 spiro atoms. The molecule has 1 amide bonds. The van der Waals surface area contributed by atoms with Gasteiger partial charge in [0.25, 0.3) is 0 Å². The molecule has 0 saturated heterocycles. The normalized spacial score (nSPS) is 13.3. The molecule has 2 aliphatic rings. The molecule has 4 N–H and O–H groups in total. The Morgan fingerprint density at radius 3 is 1.37 bits per heavy atom. The molecule has 0 bridgehead atoms. The number of fused-ring (bicyclic) bond motifs is 2. The van der Waals surface area contributed by atoms with Crippen LogP contribution in [-0.2, 0) is 32.0 Å². The highest BCUT2D eigenvalue weighted by Gasteiger charge is 2.57. The number of benzene rings is 6. The van der Waals surface area contributed by atoms with E-state index in [0.717, 1.165) is 55.9 Å². The fourth-order valence-electron chi connectivity index (χ4n) is 8.00. The van der Waals surface area contributed by atoms with Gasteiger partial charge in [0.1, 0.15) is 40.0 Å². The first-order chi connectivity index (χ1) is 34.0. The molecule has 2 fully saturated rings. The molecule has 376 valence electrons. The van der Waals surface area contributed by atoms with E-state index in [9.17, 15) is 28.0 Å². The molecule has 8 aromatic rings. The number of halogens is 2. The number of pyridine rings is 2. The lowest BCUT2D eigenvalue weighted by Gasteiger charge is -2.14. The third-order valence-electron chi connectivity index (χ3n) is 13.0. The van der Waals surface area contributed by atoms with Crippen molar-refractivity contribution in [1.29, 1.82) is 0 Å². The van der Waals surface area contributed by atoms with Gasteiger partial charge >= 0.3 is 5.97 Å². The number of amides is 1. The summed E-state index contributed by atoms with van der Waals surface area (Å²) in [5.41, 5.74) is 12.9. The van der Waals surface area contributed by atoms with Gasteiger partial charge in [-0.3, -0.25) is 29.1 Å². The van der Waals surface area contributed by atoms with E-state index in [1.54, 1.807) is 24.5 Å². The number of rotatable bonds is 13. The average molecular weight is 985 g/mol. The predicted octanol–water partition coefficient (Wildman–Crippen LogP) is 11.3. The first-order valence-corrected chi connectivity index (χ1v) is 23.2. The lowest BCUT2D eigenvalue weighted by molar-refractivity contribution is -0.147. The monoisotopic (exact) mass is 984 g/mol. The molecule has 2 aliphatic carbocycles. The molecule has 10 rings (SSSR count). The van der Waals surface area contributed by atoms with Crippen LogP contribution in [-0.4, -0.2) is 46.9 Å². The maximum atomic E-state index is 13.1. The van der Waals surface area contributed by atoms with E-state index in [2.05, 4.69) is 67.2 Å². The number of carboxylic acids is 1. The smallest absolute Gasteiger partial charge is 0.319 e. The van der Waals surface area contributed by atoms with Crippen molar-refractivity contribution in [3.8, 4) is 23.0 Å². The number of ether oxygens (including phenoxy) is 2. The number of aromatic nitrogens is 2. The molecule has 0 aliphatic heterocycles. The Hall–Kier alpha value is -8.26. The molecule has 11 nitrogen and oxygen atoms in total. The molecule has 6 aromatic carbocycles. The number of aliphatic carboxylic acids is 1. The van der Waals surface area contributed by atoms with Crippen LogP contribution < -0.4 is 20.5 Å². The highest BCUT2D eigenvalue weighted by Crippen LogP contribution is 2.49. The van der Waals surface area contributed by atoms with Crippen molar-refractivity contribution < 1.29 is 42.5 Å². The van der Waals surface area contributed by atoms with Crippen LogP contribution in [0.5, 0.6) is 23.0 Å². The Morgan fingerprint density at radius 1 is 0.575 bits per heavy atom. The molecule has 2 saturated carbocycles. The molecular weight excluding hydrogens is 925 g/mol. The average Bonchev–Trinajstić information content (AvgIpc) is 4.30. The quantitative estimate of drug-likeness (QED) is 0.0437. The number of nitrogens with zero attached hydrogens (tertiary/aromatic N) is 2. The highest BCUT2D eigenvalue weighted by atomic mass is 19.1. The molecular formula is C59H59BF2N4O7-2. The number of nitrogen functional groups attached to an aromatic ring is 1. The number of nitrogens with one attached hydrogen (secondary N) is 1. The number of nitrogens with two attached hydrogens (primary N) is 1. The number of hydrogen-bond donors (Lipinski definition) is 3. The summed E-state index contributed by atoms with van der Waals surface area (Å²) in [5, 5.41) is 13.3. The molecule has 73 heavy (non-hydrogen) atoms. The minimum absolute atomic E-state index is 0. The lowest BCUT2D eigenvalue weighted by Crippen LogP contribution is -2.31. The molecule has 0 atom stereocenters. The number of carbonyl (C=O) groups excluding carboxylic acids is 3. The number of aryl methyl sites for hydroxylation is 4. The number of hydrogen-bond acceptors (Lipinski definition) is 9. The van der Waals surface area contributed by atoms with Gasteiger partial charge in [-0.2, -0.15) is 0 Å². The van der Waals surface area contributed by atoms with Crippen molar-refractivity contribution in [3.63, 3.8) is 0 Å². The van der Waals surface area contributed by atoms with Gasteiger partial charge in [-0.25, -0.2) is 8.78 Å². The number of anilines is 2. The first-order valence-electron chi connectivity index (χ1n) is 23.2. The summed E-state index contributed by atoms with van der Waals surface area (Å²) in [4.78, 5) is 57.3. The maximum Gasteiger partial charge on any atom is 0.319 e. The van der Waals surface area contributed by atoms with Crippen LogP contribution in [0.15, 0.2) is 146 Å². The van der Waals surface area contributed by atoms with E-state index in [1.807, 2.05) is 60.7 Å². The zero-order valence-corrected chi connectivity index (χ0v) is 40.7. The Kier molecular flexibility index (Phi) is 16.9. The maximum absolute atomic E-state index is 13.1. The van der Waals surface area contributed by atoms with E-state index in [1.165, 1.54) is 58.7 Å². The van der Waals surface area contributed by atoms with Crippen molar-refractivity contribution in [2.45, 2.75) is 66.2 Å². The number of Topliss-reactive ketones (excluding diaryl/α,β-unsaturated/α-hetero) is 2. The van der Waals surface area contributed by atoms with Gasteiger partial charge < -0.3 is 33.1 Å². The summed E-state index contributed by atoms with van der Waals surface area (Å²) < 4.78 is 37.8. The van der Waals surface area contributed by atoms with Crippen molar-refractivity contribution in [2.75, 3.05) is 11.1 Å². The summed E-state index contributed by atoms with van der Waals surface area (Å²) in [5.74, 6) is 0.455. The van der Waals surface area contributed by atoms with E-state index < -0.39 is 28.5 Å². The van der Waals surface area contributed by atoms with Gasteiger partial charge in [0.2, 0.25) is 5.91 Å². The van der Waals surface area contributed by atoms with Gasteiger partial charge in [-0.05, 0) is 196 Å². The van der Waals surface area contributed by atoms with Crippen LogP contribution in [0.2, 0.25) is 0 Å². The zero-order chi connectivity index (χ0) is 50.5. The minimum atomic E-state index is -1.27. The van der Waals surface area contributed by atoms with E-state index in [4.69, 9.17) is 20.3 Å². The third-order valence-corrected chi connectivity index (χ3v) is 13.0. The van der Waals surface area contributed by atoms with Crippen LogP contribution in [0.4, 0.5) is 20.2 Å². The zero-order valence-electron chi connectivity index (χ0n) is 40.7. The van der Waals surface area contributed by atoms with E-state index in [0.29, 0.717) is 37.1 Å². The topological polar surface area (TPSA) is 171 Å². The van der Waals surface area contributed by atoms with Gasteiger partial charge in [0.15, 0.2) is 11.6 Å². The number of carbonyl (C=O) groups is 4. The van der Waals surface area contributed by atoms with E-state index in [-0.39, 0.29) is 46.1 Å². The standard InChI is InChI=1S/C30H26FNO3.C17H16N2O.C11H10FNO3.CH3.BH4/c1-19-15-25-26(16-20(19)2)32-14-11-27(25)35-24-9-5-22(6-10-24)18-29(34)30(12-13-30)28(33)17-21-3-7-23(31)8-4-21;1-11-9-15-16(10-12(11)2)19-8-7-17(15)20-14-5-3-13(18)4-6-14;12-7-1-3-8(4-2-7)13-9(14)11(5-6-11)10(15)16;;/h3-11,14-16H,12-13,17-18H2,1-2H3;3-10H,18H2,1-2H3;1-4H,5-6H2,(H,13,14)(H,15,16);1H3;1H4/q;;;2*-1. The van der Waals surface area contributed by atoms with Crippen LogP contribution >= 0.6 is 0 Å². The van der Waals surface area contributed by atoms with Crippen molar-refractivity contribution in [2.24, 2.45) is 10.8 Å². The molecule has 2 aromatic heterocycles. The predicted molar refractivity (Wildman–Crippen MR) is 287 cm³/mol. The minimum Gasteiger partial charge on any atom is -0.480 e. The Labute approximate surface area is 425 Å². The molecule has 14 heteroatoms. The fraction of sp³-hybridized carbons (Fsp3) is 0.203. The summed E-state index contributed by atoms with van der Waals surface area (Å²) in [6, 6.07) is 37.9. The van der Waals surface area contributed by atoms with Crippen LogP contribution in [0.25, 0.3) is 21.8 Å². The van der Waals surface area contributed by atoms with E-state index >= 15 is 0 Å². The van der Waals surface area contributed by atoms with Crippen molar-refractivity contribution in [3.05, 3.63) is 198 Å². The van der Waals surface area contributed by atoms with Gasteiger partial charge in [-0.1, -0.05) is 32.7 Å². The Balaban J connectivity index is 0.000000194. The largest absolute Gasteiger partial charge is 0.480 e. The van der Waals surface area contributed by atoms with Gasteiger partial charge in [0.05, 0.1) is 16.4 Å². The molecule has 0 unspecified atom stereocenters. The van der Waals surface area contributed by atoms with Gasteiger partial charge in [-0.15, -0.1) is 0 Å². The summed E-state index contributed by atoms with van der Waals surface area (Å²) in [6.45, 7) is 8.30. The third kappa shape index (κ3) is 12.8. The van der Waals surface area contributed by atoms with Crippen LogP contribution in [0, 0.1) is 57.6 Å². The molecule has 2 heterocycles. The lowest BCUT2D eigenvalue weighted by atomic mass is 9.88. The second-order valence-corrected chi connectivity index (χ2v) is 18.2. The van der Waals surface area contributed by atoms with Crippen molar-refractivity contribution >= 4 is 65.0 Å². The second-order valence-electron chi connectivity index (χ2n) is 18.2. The number of ketones is 2. The second kappa shape index (κ2) is 22.9. The summed E-state index contributed by atoms with van der Waals surface area (Å²) in [7, 11) is 0. The fourth-order valence-corrected chi connectivity index (χ4v) is 8.00. The summed E-state index contributed by atoms with van der Waals surface area (Å²) in [6.07, 6.45) is 5.73. The van der Waals surface area contributed by atoms with Crippen LogP contribution in [0.1, 0.15) is 59.1 Å².